The van der Waals surface area contributed by atoms with Crippen LogP contribution in [0.4, 0.5) is 0 Å². The summed E-state index contributed by atoms with van der Waals surface area (Å²) in [6.07, 6.45) is 0.761. The van der Waals surface area contributed by atoms with E-state index in [1.165, 1.54) is 5.56 Å². The minimum atomic E-state index is -0.384. The number of ether oxygens (including phenoxy) is 1. The standard InChI is InChI=1S/C24H22N2O2/c1-4-19-15-23(26(25-19)22-13-12-16(2)14-17(22)3)28-24(27)21-11-7-9-18-8-5-6-10-20(18)21/h5-15H,4H2,1-3H3. The van der Waals surface area contributed by atoms with E-state index in [9.17, 15) is 4.79 Å². The second-order valence-electron chi connectivity index (χ2n) is 6.95. The van der Waals surface area contributed by atoms with Crippen LogP contribution in [0.2, 0.25) is 0 Å². The summed E-state index contributed by atoms with van der Waals surface area (Å²) in [7, 11) is 0. The lowest BCUT2D eigenvalue weighted by Gasteiger charge is -2.11. The van der Waals surface area contributed by atoms with Crippen LogP contribution >= 0.6 is 0 Å². The second-order valence-corrected chi connectivity index (χ2v) is 6.95. The van der Waals surface area contributed by atoms with Crippen LogP contribution in [0.3, 0.4) is 0 Å². The number of hydrogen-bond donors (Lipinski definition) is 0. The van der Waals surface area contributed by atoms with Gasteiger partial charge in [-0.15, -0.1) is 0 Å². The van der Waals surface area contributed by atoms with Crippen LogP contribution in [-0.2, 0) is 6.42 Å². The maximum atomic E-state index is 13.0. The van der Waals surface area contributed by atoms with Crippen molar-refractivity contribution >= 4 is 16.7 Å². The highest BCUT2D eigenvalue weighted by molar-refractivity contribution is 6.05. The third-order valence-corrected chi connectivity index (χ3v) is 4.88. The van der Waals surface area contributed by atoms with Crippen molar-refractivity contribution in [2.24, 2.45) is 0 Å². The van der Waals surface area contributed by atoms with E-state index < -0.39 is 0 Å². The predicted molar refractivity (Wildman–Crippen MR) is 111 cm³/mol. The van der Waals surface area contributed by atoms with Crippen molar-refractivity contribution in [1.29, 1.82) is 0 Å². The molecule has 0 unspecified atom stereocenters. The average molecular weight is 370 g/mol. The Morgan fingerprint density at radius 3 is 2.57 bits per heavy atom. The molecule has 0 spiro atoms. The van der Waals surface area contributed by atoms with Gasteiger partial charge in [-0.2, -0.15) is 5.10 Å². The summed E-state index contributed by atoms with van der Waals surface area (Å²) in [4.78, 5) is 13.0. The molecule has 4 rings (SSSR count). The van der Waals surface area contributed by atoms with Gasteiger partial charge in [0.15, 0.2) is 0 Å². The Bertz CT molecular complexity index is 1170. The fourth-order valence-corrected chi connectivity index (χ4v) is 3.42. The molecule has 1 aromatic heterocycles. The molecule has 0 amide bonds. The van der Waals surface area contributed by atoms with Gasteiger partial charge in [-0.05, 0) is 48.7 Å². The van der Waals surface area contributed by atoms with E-state index in [4.69, 9.17) is 4.74 Å². The Labute approximate surface area is 164 Å². The zero-order valence-electron chi connectivity index (χ0n) is 16.3. The van der Waals surface area contributed by atoms with Crippen molar-refractivity contribution in [3.63, 3.8) is 0 Å². The molecular formula is C24H22N2O2. The molecule has 0 aliphatic heterocycles. The van der Waals surface area contributed by atoms with Crippen molar-refractivity contribution < 1.29 is 9.53 Å². The second kappa shape index (κ2) is 7.31. The topological polar surface area (TPSA) is 44.1 Å². The lowest BCUT2D eigenvalue weighted by atomic mass is 10.1. The van der Waals surface area contributed by atoms with Crippen LogP contribution in [0.25, 0.3) is 16.5 Å². The number of carbonyl (C=O) groups is 1. The van der Waals surface area contributed by atoms with Crippen LogP contribution in [0.1, 0.15) is 34.1 Å². The zero-order valence-corrected chi connectivity index (χ0v) is 16.3. The highest BCUT2D eigenvalue weighted by atomic mass is 16.5. The molecule has 28 heavy (non-hydrogen) atoms. The monoisotopic (exact) mass is 370 g/mol. The lowest BCUT2D eigenvalue weighted by molar-refractivity contribution is 0.0725. The summed E-state index contributed by atoms with van der Waals surface area (Å²) in [6, 6.07) is 21.4. The fourth-order valence-electron chi connectivity index (χ4n) is 3.42. The average Bonchev–Trinajstić information content (AvgIpc) is 3.10. The molecule has 0 atom stereocenters. The van der Waals surface area contributed by atoms with E-state index in [-0.39, 0.29) is 5.97 Å². The molecule has 0 fully saturated rings. The molecule has 0 radical (unpaired) electrons. The minimum absolute atomic E-state index is 0.384. The van der Waals surface area contributed by atoms with Gasteiger partial charge in [-0.25, -0.2) is 9.48 Å². The van der Waals surface area contributed by atoms with Crippen LogP contribution in [0, 0.1) is 13.8 Å². The van der Waals surface area contributed by atoms with E-state index in [0.29, 0.717) is 11.4 Å². The summed E-state index contributed by atoms with van der Waals surface area (Å²) < 4.78 is 7.54. The number of aromatic nitrogens is 2. The van der Waals surface area contributed by atoms with Crippen LogP contribution in [0.5, 0.6) is 5.88 Å². The highest BCUT2D eigenvalue weighted by Crippen LogP contribution is 2.25. The summed E-state index contributed by atoms with van der Waals surface area (Å²) in [5, 5.41) is 6.52. The molecule has 0 saturated carbocycles. The third-order valence-electron chi connectivity index (χ3n) is 4.88. The Balaban J connectivity index is 1.75. The molecule has 3 aromatic carbocycles. The Morgan fingerprint density at radius 2 is 1.79 bits per heavy atom. The first kappa shape index (κ1) is 18.0. The van der Waals surface area contributed by atoms with E-state index in [1.807, 2.05) is 68.4 Å². The highest BCUT2D eigenvalue weighted by Gasteiger charge is 2.18. The maximum absolute atomic E-state index is 13.0. The number of esters is 1. The molecule has 0 bridgehead atoms. The number of nitrogens with zero attached hydrogens (tertiary/aromatic N) is 2. The lowest BCUT2D eigenvalue weighted by Crippen LogP contribution is -2.12. The summed E-state index contributed by atoms with van der Waals surface area (Å²) in [5.41, 5.74) is 4.59. The molecule has 0 N–H and O–H groups in total. The third kappa shape index (κ3) is 3.29. The number of hydrogen-bond acceptors (Lipinski definition) is 3. The van der Waals surface area contributed by atoms with E-state index in [1.54, 1.807) is 10.7 Å². The molecule has 140 valence electrons. The number of aryl methyl sites for hydroxylation is 3. The first-order valence-corrected chi connectivity index (χ1v) is 9.43. The first-order valence-electron chi connectivity index (χ1n) is 9.43. The number of carbonyl (C=O) groups excluding carboxylic acids is 1. The van der Waals surface area contributed by atoms with Gasteiger partial charge in [0.25, 0.3) is 0 Å². The van der Waals surface area contributed by atoms with Gasteiger partial charge in [0.2, 0.25) is 5.88 Å². The normalized spacial score (nSPS) is 11.0. The summed E-state index contributed by atoms with van der Waals surface area (Å²) >= 11 is 0. The van der Waals surface area contributed by atoms with Crippen molar-refractivity contribution in [2.45, 2.75) is 27.2 Å². The van der Waals surface area contributed by atoms with Gasteiger partial charge in [0.05, 0.1) is 16.9 Å². The van der Waals surface area contributed by atoms with Crippen LogP contribution < -0.4 is 4.74 Å². The van der Waals surface area contributed by atoms with Crippen LogP contribution in [-0.4, -0.2) is 15.7 Å². The molecule has 1 heterocycles. The first-order chi connectivity index (χ1) is 13.6. The van der Waals surface area contributed by atoms with Crippen molar-refractivity contribution in [3.05, 3.63) is 89.1 Å². The summed E-state index contributed by atoms with van der Waals surface area (Å²) in [6.45, 7) is 6.12. The van der Waals surface area contributed by atoms with Gasteiger partial charge in [0, 0.05) is 6.07 Å². The van der Waals surface area contributed by atoms with Gasteiger partial charge in [-0.3, -0.25) is 0 Å². The molecule has 0 aliphatic carbocycles. The van der Waals surface area contributed by atoms with E-state index in [2.05, 4.69) is 18.1 Å². The van der Waals surface area contributed by atoms with Crippen molar-refractivity contribution in [3.8, 4) is 11.6 Å². The van der Waals surface area contributed by atoms with Crippen molar-refractivity contribution in [2.75, 3.05) is 0 Å². The number of benzene rings is 3. The van der Waals surface area contributed by atoms with Gasteiger partial charge in [0.1, 0.15) is 0 Å². The van der Waals surface area contributed by atoms with Gasteiger partial charge < -0.3 is 4.74 Å². The Kier molecular flexibility index (Phi) is 4.70. The SMILES string of the molecule is CCc1cc(OC(=O)c2cccc3ccccc23)n(-c2ccc(C)cc2C)n1. The largest absolute Gasteiger partial charge is 0.404 e. The molecule has 0 saturated heterocycles. The smallest absolute Gasteiger partial charge is 0.345 e. The Morgan fingerprint density at radius 1 is 1.00 bits per heavy atom. The molecule has 4 heteroatoms. The maximum Gasteiger partial charge on any atom is 0.345 e. The number of fused-ring (bicyclic) bond motifs is 1. The molecule has 0 aliphatic rings. The predicted octanol–water partition coefficient (Wildman–Crippen LogP) is 5.42. The van der Waals surface area contributed by atoms with Crippen LogP contribution in [0.15, 0.2) is 66.7 Å². The number of rotatable bonds is 4. The Hall–Kier alpha value is -3.40. The zero-order chi connectivity index (χ0) is 19.7. The van der Waals surface area contributed by atoms with Gasteiger partial charge >= 0.3 is 5.97 Å². The molecule has 4 aromatic rings. The van der Waals surface area contributed by atoms with E-state index in [0.717, 1.165) is 34.1 Å². The fraction of sp³-hybridized carbons (Fsp3) is 0.167. The van der Waals surface area contributed by atoms with Gasteiger partial charge in [-0.1, -0.05) is 61.0 Å². The minimum Gasteiger partial charge on any atom is -0.404 e. The van der Waals surface area contributed by atoms with Crippen molar-refractivity contribution in [1.82, 2.24) is 9.78 Å². The molecular weight excluding hydrogens is 348 g/mol. The quantitative estimate of drug-likeness (QED) is 0.450. The van der Waals surface area contributed by atoms with E-state index >= 15 is 0 Å². The molecule has 4 nitrogen and oxygen atoms in total. The summed E-state index contributed by atoms with van der Waals surface area (Å²) in [5.74, 6) is 0.0482.